The number of hydrogen-bond donors (Lipinski definition) is 0. The fourth-order valence-electron chi connectivity index (χ4n) is 3.67. The van der Waals surface area contributed by atoms with Crippen LogP contribution in [0.4, 0.5) is 0 Å². The Kier molecular flexibility index (Phi) is 16.7. The Morgan fingerprint density at radius 2 is 1.33 bits per heavy atom. The zero-order chi connectivity index (χ0) is 24.2. The topological polar surface area (TPSA) is 61.8 Å². The monoisotopic (exact) mass is 460 g/mol. The predicted molar refractivity (Wildman–Crippen MR) is 133 cm³/mol. The SMILES string of the molecule is CCCCCCCCCCCC=CC(CC(C(=O)OCC)C(=O)OCC)Oc1ccccc1. The minimum Gasteiger partial charge on any atom is -0.486 e. The number of allylic oxidation sites excluding steroid dienone is 1. The van der Waals surface area contributed by atoms with Crippen LogP contribution in [0.15, 0.2) is 42.5 Å². The van der Waals surface area contributed by atoms with Crippen molar-refractivity contribution in [1.82, 2.24) is 0 Å². The van der Waals surface area contributed by atoms with Crippen molar-refractivity contribution in [2.75, 3.05) is 13.2 Å². The second kappa shape index (κ2) is 19.2. The van der Waals surface area contributed by atoms with E-state index in [4.69, 9.17) is 14.2 Å². The molecule has 1 atom stereocenters. The highest BCUT2D eigenvalue weighted by Gasteiger charge is 2.32. The number of unbranched alkanes of at least 4 members (excludes halogenated alkanes) is 9. The summed E-state index contributed by atoms with van der Waals surface area (Å²) < 4.78 is 16.3. The van der Waals surface area contributed by atoms with Gasteiger partial charge in [0, 0.05) is 6.42 Å². The van der Waals surface area contributed by atoms with Crippen LogP contribution >= 0.6 is 0 Å². The van der Waals surface area contributed by atoms with Gasteiger partial charge in [-0.05, 0) is 44.9 Å². The van der Waals surface area contributed by atoms with Gasteiger partial charge in [-0.2, -0.15) is 0 Å². The van der Waals surface area contributed by atoms with Gasteiger partial charge in [-0.1, -0.05) is 82.6 Å². The van der Waals surface area contributed by atoms with Crippen molar-refractivity contribution in [1.29, 1.82) is 0 Å². The normalized spacial score (nSPS) is 12.1. The van der Waals surface area contributed by atoms with E-state index >= 15 is 0 Å². The Hall–Kier alpha value is -2.30. The third-order valence-electron chi connectivity index (χ3n) is 5.47. The number of rotatable bonds is 19. The highest BCUT2D eigenvalue weighted by molar-refractivity contribution is 5.95. The lowest BCUT2D eigenvalue weighted by Gasteiger charge is -2.20. The number of hydrogen-bond acceptors (Lipinski definition) is 5. The first kappa shape index (κ1) is 28.7. The van der Waals surface area contributed by atoms with Gasteiger partial charge in [-0.15, -0.1) is 0 Å². The molecule has 186 valence electrons. The van der Waals surface area contributed by atoms with E-state index in [9.17, 15) is 9.59 Å². The Balaban J connectivity index is 2.60. The number of carbonyl (C=O) groups is 2. The minimum absolute atomic E-state index is 0.181. The van der Waals surface area contributed by atoms with Gasteiger partial charge in [-0.3, -0.25) is 9.59 Å². The first-order valence-corrected chi connectivity index (χ1v) is 12.8. The molecule has 1 unspecified atom stereocenters. The van der Waals surface area contributed by atoms with E-state index in [2.05, 4.69) is 13.0 Å². The van der Waals surface area contributed by atoms with Crippen molar-refractivity contribution in [3.05, 3.63) is 42.5 Å². The van der Waals surface area contributed by atoms with Crippen LogP contribution in [0, 0.1) is 5.92 Å². The molecule has 5 nitrogen and oxygen atoms in total. The summed E-state index contributed by atoms with van der Waals surface area (Å²) in [5.41, 5.74) is 0. The lowest BCUT2D eigenvalue weighted by Crippen LogP contribution is -2.32. The molecule has 0 saturated heterocycles. The van der Waals surface area contributed by atoms with E-state index in [-0.39, 0.29) is 19.6 Å². The molecule has 1 aromatic rings. The summed E-state index contributed by atoms with van der Waals surface area (Å²) in [4.78, 5) is 24.8. The zero-order valence-electron chi connectivity index (χ0n) is 20.9. The molecule has 0 bridgehead atoms. The van der Waals surface area contributed by atoms with Crippen molar-refractivity contribution in [3.63, 3.8) is 0 Å². The number of para-hydroxylation sites is 1. The number of esters is 2. The lowest BCUT2D eigenvalue weighted by molar-refractivity contribution is -0.162. The molecule has 0 aliphatic carbocycles. The van der Waals surface area contributed by atoms with E-state index < -0.39 is 24.0 Å². The maximum Gasteiger partial charge on any atom is 0.320 e. The van der Waals surface area contributed by atoms with E-state index in [0.717, 1.165) is 12.8 Å². The third kappa shape index (κ3) is 13.8. The van der Waals surface area contributed by atoms with Crippen LogP contribution in [0.3, 0.4) is 0 Å². The summed E-state index contributed by atoms with van der Waals surface area (Å²) in [7, 11) is 0. The van der Waals surface area contributed by atoms with Gasteiger partial charge >= 0.3 is 11.9 Å². The molecular formula is C28H44O5. The quantitative estimate of drug-likeness (QED) is 0.0958. The average molecular weight is 461 g/mol. The smallest absolute Gasteiger partial charge is 0.320 e. The minimum atomic E-state index is -1.00. The van der Waals surface area contributed by atoms with E-state index in [1.54, 1.807) is 13.8 Å². The molecule has 0 saturated carbocycles. The van der Waals surface area contributed by atoms with Gasteiger partial charge in [0.15, 0.2) is 5.92 Å². The van der Waals surface area contributed by atoms with Crippen molar-refractivity contribution in [3.8, 4) is 5.75 Å². The molecule has 0 aliphatic heterocycles. The zero-order valence-corrected chi connectivity index (χ0v) is 20.9. The van der Waals surface area contributed by atoms with Crippen LogP contribution in [0.5, 0.6) is 5.75 Å². The molecule has 0 spiro atoms. The predicted octanol–water partition coefficient (Wildman–Crippen LogP) is 7.04. The summed E-state index contributed by atoms with van der Waals surface area (Å²) in [5.74, 6) is -1.44. The van der Waals surface area contributed by atoms with Gasteiger partial charge in [0.05, 0.1) is 13.2 Å². The van der Waals surface area contributed by atoms with E-state index in [1.807, 2.05) is 36.4 Å². The molecule has 33 heavy (non-hydrogen) atoms. The highest BCUT2D eigenvalue weighted by atomic mass is 16.6. The maximum atomic E-state index is 12.4. The second-order valence-corrected chi connectivity index (χ2v) is 8.31. The van der Waals surface area contributed by atoms with Crippen LogP contribution in [0.2, 0.25) is 0 Å². The molecule has 1 aromatic carbocycles. The van der Waals surface area contributed by atoms with E-state index in [0.29, 0.717) is 5.75 Å². The fraction of sp³-hybridized carbons (Fsp3) is 0.643. The Labute approximate surface area is 200 Å². The summed E-state index contributed by atoms with van der Waals surface area (Å²) >= 11 is 0. The Morgan fingerprint density at radius 3 is 1.88 bits per heavy atom. The molecule has 5 heteroatoms. The molecule has 0 radical (unpaired) electrons. The highest BCUT2D eigenvalue weighted by Crippen LogP contribution is 2.20. The lowest BCUT2D eigenvalue weighted by atomic mass is 10.0. The van der Waals surface area contributed by atoms with Gasteiger partial charge in [0.2, 0.25) is 0 Å². The molecule has 0 aliphatic rings. The fourth-order valence-corrected chi connectivity index (χ4v) is 3.67. The number of benzene rings is 1. The van der Waals surface area contributed by atoms with Crippen LogP contribution in [-0.2, 0) is 19.1 Å². The Morgan fingerprint density at radius 1 is 0.788 bits per heavy atom. The molecular weight excluding hydrogens is 416 g/mol. The van der Waals surface area contributed by atoms with Crippen molar-refractivity contribution >= 4 is 11.9 Å². The third-order valence-corrected chi connectivity index (χ3v) is 5.47. The first-order valence-electron chi connectivity index (χ1n) is 12.8. The molecule has 0 aromatic heterocycles. The van der Waals surface area contributed by atoms with Gasteiger partial charge in [-0.25, -0.2) is 0 Å². The summed E-state index contributed by atoms with van der Waals surface area (Å²) in [6.07, 6.45) is 16.4. The van der Waals surface area contributed by atoms with Gasteiger partial charge < -0.3 is 14.2 Å². The molecule has 0 amide bonds. The number of carbonyl (C=O) groups excluding carboxylic acids is 2. The molecule has 0 N–H and O–H groups in total. The van der Waals surface area contributed by atoms with E-state index in [1.165, 1.54) is 51.4 Å². The van der Waals surface area contributed by atoms with Crippen molar-refractivity contribution < 1.29 is 23.8 Å². The van der Waals surface area contributed by atoms with Crippen LogP contribution in [0.25, 0.3) is 0 Å². The molecule has 1 rings (SSSR count). The van der Waals surface area contributed by atoms with Crippen molar-refractivity contribution in [2.24, 2.45) is 5.92 Å². The van der Waals surface area contributed by atoms with Gasteiger partial charge in [0.1, 0.15) is 11.9 Å². The first-order chi connectivity index (χ1) is 16.1. The second-order valence-electron chi connectivity index (χ2n) is 8.31. The van der Waals surface area contributed by atoms with Crippen LogP contribution < -0.4 is 4.74 Å². The van der Waals surface area contributed by atoms with Crippen molar-refractivity contribution in [2.45, 2.75) is 97.5 Å². The van der Waals surface area contributed by atoms with Crippen LogP contribution in [-0.4, -0.2) is 31.3 Å². The summed E-state index contributed by atoms with van der Waals surface area (Å²) in [5, 5.41) is 0. The number of ether oxygens (including phenoxy) is 3. The molecule has 0 heterocycles. The maximum absolute atomic E-state index is 12.4. The largest absolute Gasteiger partial charge is 0.486 e. The average Bonchev–Trinajstić information content (AvgIpc) is 2.81. The Bertz CT molecular complexity index is 638. The van der Waals surface area contributed by atoms with Gasteiger partial charge in [0.25, 0.3) is 0 Å². The summed E-state index contributed by atoms with van der Waals surface area (Å²) in [6.45, 7) is 6.13. The van der Waals surface area contributed by atoms with Crippen LogP contribution in [0.1, 0.15) is 91.4 Å². The summed E-state index contributed by atoms with van der Waals surface area (Å²) in [6, 6.07) is 9.44. The standard InChI is InChI=1S/C28H44O5/c1-4-7-8-9-10-11-12-13-14-15-17-22-25(33-24-20-18-16-19-21-24)23-26(27(29)31-5-2)28(30)32-6-3/h16-22,25-26H,4-15,23H2,1-3H3. The molecule has 0 fully saturated rings.